The van der Waals surface area contributed by atoms with E-state index in [1.807, 2.05) is 24.4 Å². The van der Waals surface area contributed by atoms with Gasteiger partial charge in [-0.2, -0.15) is 0 Å². The number of carbonyl (C=O) groups excluding carboxylic acids is 2. The number of amides is 2. The number of fused-ring (bicyclic) bond motifs is 1. The number of thioether (sulfide) groups is 1. The molecule has 0 saturated carbocycles. The van der Waals surface area contributed by atoms with E-state index in [1.165, 1.54) is 52.0 Å². The standard InChI is InChI=1S/C22H18FN3O3S2.C4H9NO/c1-3-10-26-21(28)19-16(17-9-4-13(2)29-17)11-30-20(19)25-22(26)31-12-18(27)24-15-7-5-14(23)6-8-15;1-4(6)5(2)3/h3-9,11H,1,10,12H2,2H3,(H,24,27);1-3H3. The Morgan fingerprint density at radius 2 is 1.92 bits per heavy atom. The minimum atomic E-state index is -0.377. The Morgan fingerprint density at radius 1 is 1.24 bits per heavy atom. The van der Waals surface area contributed by atoms with Gasteiger partial charge < -0.3 is 14.6 Å². The van der Waals surface area contributed by atoms with Gasteiger partial charge in [0, 0.05) is 44.2 Å². The second-order valence-electron chi connectivity index (χ2n) is 8.10. The van der Waals surface area contributed by atoms with Crippen molar-refractivity contribution in [2.24, 2.45) is 0 Å². The third-order valence-corrected chi connectivity index (χ3v) is 6.91. The minimum absolute atomic E-state index is 0.0437. The molecule has 1 aromatic carbocycles. The van der Waals surface area contributed by atoms with Crippen molar-refractivity contribution in [2.75, 3.05) is 25.2 Å². The van der Waals surface area contributed by atoms with Crippen molar-refractivity contribution in [3.05, 3.63) is 76.4 Å². The maximum atomic E-state index is 13.3. The summed E-state index contributed by atoms with van der Waals surface area (Å²) >= 11 is 2.51. The summed E-state index contributed by atoms with van der Waals surface area (Å²) in [6.07, 6.45) is 1.61. The Labute approximate surface area is 221 Å². The van der Waals surface area contributed by atoms with Crippen LogP contribution in [0, 0.1) is 12.7 Å². The number of furan rings is 1. The highest BCUT2D eigenvalue weighted by molar-refractivity contribution is 7.99. The molecule has 0 saturated heterocycles. The van der Waals surface area contributed by atoms with Crippen LogP contribution in [-0.2, 0) is 16.1 Å². The van der Waals surface area contributed by atoms with Gasteiger partial charge in [-0.3, -0.25) is 19.0 Å². The summed E-state index contributed by atoms with van der Waals surface area (Å²) in [5, 5.41) is 5.47. The van der Waals surface area contributed by atoms with Gasteiger partial charge in [-0.15, -0.1) is 17.9 Å². The van der Waals surface area contributed by atoms with Gasteiger partial charge in [0.25, 0.3) is 5.56 Å². The fourth-order valence-electron chi connectivity index (χ4n) is 3.03. The number of nitrogens with one attached hydrogen (secondary N) is 1. The van der Waals surface area contributed by atoms with E-state index < -0.39 is 0 Å². The summed E-state index contributed by atoms with van der Waals surface area (Å²) in [5.41, 5.74) is 0.987. The zero-order chi connectivity index (χ0) is 27.1. The Kier molecular flexibility index (Phi) is 9.42. The lowest BCUT2D eigenvalue weighted by Gasteiger charge is -2.10. The second kappa shape index (κ2) is 12.5. The average molecular weight is 543 g/mol. The second-order valence-corrected chi connectivity index (χ2v) is 9.90. The molecule has 0 aliphatic carbocycles. The van der Waals surface area contributed by atoms with Gasteiger partial charge in [0.05, 0.1) is 11.1 Å². The number of aromatic nitrogens is 2. The Hall–Kier alpha value is -3.70. The van der Waals surface area contributed by atoms with Crippen molar-refractivity contribution < 1.29 is 18.4 Å². The van der Waals surface area contributed by atoms with Crippen molar-refractivity contribution in [2.45, 2.75) is 25.5 Å². The van der Waals surface area contributed by atoms with E-state index in [0.29, 0.717) is 32.4 Å². The Balaban J connectivity index is 0.000000568. The molecule has 0 spiro atoms. The minimum Gasteiger partial charge on any atom is -0.461 e. The van der Waals surface area contributed by atoms with Crippen LogP contribution in [0.2, 0.25) is 0 Å². The van der Waals surface area contributed by atoms with E-state index in [4.69, 9.17) is 4.42 Å². The lowest BCUT2D eigenvalue weighted by atomic mass is 10.2. The molecule has 3 heterocycles. The molecule has 0 unspecified atom stereocenters. The molecule has 0 aliphatic heterocycles. The summed E-state index contributed by atoms with van der Waals surface area (Å²) in [4.78, 5) is 42.4. The predicted molar refractivity (Wildman–Crippen MR) is 147 cm³/mol. The number of nitrogens with zero attached hydrogens (tertiary/aromatic N) is 3. The monoisotopic (exact) mass is 542 g/mol. The Morgan fingerprint density at radius 3 is 2.49 bits per heavy atom. The number of halogens is 1. The molecular weight excluding hydrogens is 515 g/mol. The number of aryl methyl sites for hydroxylation is 1. The number of rotatable bonds is 7. The normalized spacial score (nSPS) is 10.5. The molecule has 8 nitrogen and oxygen atoms in total. The van der Waals surface area contributed by atoms with E-state index in [1.54, 1.807) is 20.2 Å². The molecule has 0 aliphatic rings. The van der Waals surface area contributed by atoms with Crippen LogP contribution < -0.4 is 10.9 Å². The Bertz CT molecular complexity index is 1470. The van der Waals surface area contributed by atoms with Crippen LogP contribution in [0.15, 0.2) is 68.8 Å². The first-order chi connectivity index (χ1) is 17.6. The molecular formula is C26H27FN4O4S2. The molecule has 11 heteroatoms. The lowest BCUT2D eigenvalue weighted by Crippen LogP contribution is -2.23. The van der Waals surface area contributed by atoms with Crippen molar-refractivity contribution in [3.8, 4) is 11.3 Å². The van der Waals surface area contributed by atoms with Crippen LogP contribution in [0.4, 0.5) is 10.1 Å². The van der Waals surface area contributed by atoms with Crippen LogP contribution in [0.1, 0.15) is 12.7 Å². The summed E-state index contributed by atoms with van der Waals surface area (Å²) in [6, 6.07) is 9.19. The van der Waals surface area contributed by atoms with Gasteiger partial charge in [0.15, 0.2) is 5.16 Å². The van der Waals surface area contributed by atoms with Gasteiger partial charge in [-0.1, -0.05) is 17.8 Å². The number of anilines is 1. The third kappa shape index (κ3) is 7.17. The summed E-state index contributed by atoms with van der Waals surface area (Å²) in [5.74, 6) is 0.851. The van der Waals surface area contributed by atoms with Gasteiger partial charge >= 0.3 is 0 Å². The predicted octanol–water partition coefficient (Wildman–Crippen LogP) is 5.18. The van der Waals surface area contributed by atoms with Gasteiger partial charge in [-0.05, 0) is 43.3 Å². The van der Waals surface area contributed by atoms with E-state index in [0.717, 1.165) is 17.5 Å². The first kappa shape index (κ1) is 27.9. The largest absolute Gasteiger partial charge is 0.461 e. The van der Waals surface area contributed by atoms with Crippen LogP contribution in [0.25, 0.3) is 21.5 Å². The van der Waals surface area contributed by atoms with E-state index >= 15 is 0 Å². The molecule has 37 heavy (non-hydrogen) atoms. The quantitative estimate of drug-likeness (QED) is 0.196. The van der Waals surface area contributed by atoms with Crippen LogP contribution in [-0.4, -0.2) is 46.1 Å². The van der Waals surface area contributed by atoms with Gasteiger partial charge in [-0.25, -0.2) is 9.37 Å². The molecule has 0 atom stereocenters. The smallest absolute Gasteiger partial charge is 0.263 e. The number of allylic oxidation sites excluding steroid dienone is 1. The topological polar surface area (TPSA) is 97.4 Å². The summed E-state index contributed by atoms with van der Waals surface area (Å²) in [6.45, 7) is 7.36. The zero-order valence-corrected chi connectivity index (χ0v) is 22.5. The molecule has 0 bridgehead atoms. The van der Waals surface area contributed by atoms with E-state index in [9.17, 15) is 18.8 Å². The molecule has 1 N–H and O–H groups in total. The molecule has 4 aromatic rings. The number of hydrogen-bond donors (Lipinski definition) is 1. The maximum absolute atomic E-state index is 13.3. The van der Waals surface area contributed by atoms with Gasteiger partial charge in [0.2, 0.25) is 11.8 Å². The van der Waals surface area contributed by atoms with Crippen molar-refractivity contribution in [1.29, 1.82) is 0 Å². The van der Waals surface area contributed by atoms with E-state index in [2.05, 4.69) is 16.9 Å². The third-order valence-electron chi connectivity index (χ3n) is 5.07. The molecule has 2 amide bonds. The fourth-order valence-corrected chi connectivity index (χ4v) is 4.80. The first-order valence-electron chi connectivity index (χ1n) is 11.2. The molecule has 194 valence electrons. The molecule has 0 radical (unpaired) electrons. The highest BCUT2D eigenvalue weighted by Gasteiger charge is 2.19. The van der Waals surface area contributed by atoms with Crippen LogP contribution in [0.5, 0.6) is 0 Å². The summed E-state index contributed by atoms with van der Waals surface area (Å²) < 4.78 is 20.2. The molecule has 0 fully saturated rings. The molecule has 4 rings (SSSR count). The number of carbonyl (C=O) groups is 2. The average Bonchev–Trinajstić information content (AvgIpc) is 3.47. The number of thiophene rings is 1. The highest BCUT2D eigenvalue weighted by atomic mass is 32.2. The van der Waals surface area contributed by atoms with Crippen molar-refractivity contribution >= 4 is 50.8 Å². The maximum Gasteiger partial charge on any atom is 0.263 e. The fraction of sp³-hybridized carbons (Fsp3) is 0.231. The van der Waals surface area contributed by atoms with Gasteiger partial charge in [0.1, 0.15) is 22.2 Å². The molecule has 3 aromatic heterocycles. The van der Waals surface area contributed by atoms with Crippen molar-refractivity contribution in [1.82, 2.24) is 14.5 Å². The van der Waals surface area contributed by atoms with Crippen molar-refractivity contribution in [3.63, 3.8) is 0 Å². The lowest BCUT2D eigenvalue weighted by molar-refractivity contribution is -0.126. The summed E-state index contributed by atoms with van der Waals surface area (Å²) in [7, 11) is 3.45. The SMILES string of the molecule is C=CCn1c(SCC(=O)Nc2ccc(F)cc2)nc2scc(-c3ccc(C)o3)c2c1=O.CC(=O)N(C)C. The van der Waals surface area contributed by atoms with E-state index in [-0.39, 0.29) is 35.5 Å². The highest BCUT2D eigenvalue weighted by Crippen LogP contribution is 2.33. The number of hydrogen-bond acceptors (Lipinski definition) is 7. The first-order valence-corrected chi connectivity index (χ1v) is 13.0. The number of benzene rings is 1. The van der Waals surface area contributed by atoms with Crippen LogP contribution >= 0.6 is 23.1 Å². The zero-order valence-electron chi connectivity index (χ0n) is 20.9. The van der Waals surface area contributed by atoms with Crippen LogP contribution in [0.3, 0.4) is 0 Å².